The number of oxime groups is 1. The molecule has 1 heterocycles. The molecule has 0 spiro atoms. The van der Waals surface area contributed by atoms with Crippen LogP contribution in [0.3, 0.4) is 0 Å². The SMILES string of the molecule is CC/C(=N\OC)c1ccc(=O)[nH]c1CC. The Labute approximate surface area is 89.0 Å². The molecule has 0 aromatic carbocycles. The van der Waals surface area contributed by atoms with Crippen molar-refractivity contribution < 1.29 is 4.84 Å². The third-order valence-corrected chi connectivity index (χ3v) is 2.20. The van der Waals surface area contributed by atoms with Gasteiger partial charge in [0.05, 0.1) is 5.71 Å². The highest BCUT2D eigenvalue weighted by molar-refractivity contribution is 6.00. The second-order valence-corrected chi connectivity index (χ2v) is 3.14. The summed E-state index contributed by atoms with van der Waals surface area (Å²) in [6.07, 6.45) is 1.54. The Morgan fingerprint density at radius 1 is 1.47 bits per heavy atom. The van der Waals surface area contributed by atoms with Crippen LogP contribution in [0.1, 0.15) is 31.5 Å². The summed E-state index contributed by atoms with van der Waals surface area (Å²) >= 11 is 0. The van der Waals surface area contributed by atoms with Crippen molar-refractivity contribution >= 4 is 5.71 Å². The van der Waals surface area contributed by atoms with Crippen LogP contribution in [0.25, 0.3) is 0 Å². The Hall–Kier alpha value is -1.58. The number of rotatable bonds is 4. The molecule has 1 aromatic heterocycles. The van der Waals surface area contributed by atoms with Gasteiger partial charge in [-0.15, -0.1) is 0 Å². The lowest BCUT2D eigenvalue weighted by molar-refractivity contribution is 0.213. The van der Waals surface area contributed by atoms with E-state index in [1.54, 1.807) is 6.07 Å². The highest BCUT2D eigenvalue weighted by atomic mass is 16.6. The smallest absolute Gasteiger partial charge is 0.248 e. The van der Waals surface area contributed by atoms with Crippen LogP contribution in [0, 0.1) is 0 Å². The average Bonchev–Trinajstić information content (AvgIpc) is 2.26. The van der Waals surface area contributed by atoms with Gasteiger partial charge >= 0.3 is 0 Å². The fourth-order valence-electron chi connectivity index (χ4n) is 1.48. The average molecular weight is 208 g/mol. The molecule has 4 heteroatoms. The lowest BCUT2D eigenvalue weighted by Gasteiger charge is -2.07. The van der Waals surface area contributed by atoms with Crippen LogP contribution >= 0.6 is 0 Å². The molecule has 0 fully saturated rings. The molecule has 15 heavy (non-hydrogen) atoms. The highest BCUT2D eigenvalue weighted by Gasteiger charge is 2.07. The fraction of sp³-hybridized carbons (Fsp3) is 0.455. The summed E-state index contributed by atoms with van der Waals surface area (Å²) in [6, 6.07) is 3.30. The van der Waals surface area contributed by atoms with E-state index in [0.717, 1.165) is 29.8 Å². The molecule has 1 aromatic rings. The number of H-pyrrole nitrogens is 1. The van der Waals surface area contributed by atoms with Gasteiger partial charge in [0, 0.05) is 17.3 Å². The minimum Gasteiger partial charge on any atom is -0.399 e. The number of aromatic amines is 1. The summed E-state index contributed by atoms with van der Waals surface area (Å²) in [5.41, 5.74) is 2.63. The van der Waals surface area contributed by atoms with E-state index < -0.39 is 0 Å². The van der Waals surface area contributed by atoms with Gasteiger partial charge in [-0.1, -0.05) is 19.0 Å². The normalized spacial score (nSPS) is 11.5. The van der Waals surface area contributed by atoms with E-state index in [9.17, 15) is 4.79 Å². The molecule has 0 aliphatic rings. The van der Waals surface area contributed by atoms with Gasteiger partial charge in [0.1, 0.15) is 7.11 Å². The minimum atomic E-state index is -0.0801. The van der Waals surface area contributed by atoms with Crippen molar-refractivity contribution in [3.63, 3.8) is 0 Å². The molecule has 82 valence electrons. The number of nitrogens with one attached hydrogen (secondary N) is 1. The zero-order valence-electron chi connectivity index (χ0n) is 9.33. The van der Waals surface area contributed by atoms with Crippen LogP contribution in [-0.4, -0.2) is 17.8 Å². The van der Waals surface area contributed by atoms with E-state index in [2.05, 4.69) is 10.1 Å². The fourth-order valence-corrected chi connectivity index (χ4v) is 1.48. The number of aryl methyl sites for hydroxylation is 1. The van der Waals surface area contributed by atoms with Gasteiger partial charge < -0.3 is 9.82 Å². The lowest BCUT2D eigenvalue weighted by atomic mass is 10.1. The van der Waals surface area contributed by atoms with Crippen LogP contribution in [-0.2, 0) is 11.3 Å². The van der Waals surface area contributed by atoms with Gasteiger partial charge in [0.25, 0.3) is 0 Å². The topological polar surface area (TPSA) is 54.4 Å². The zero-order chi connectivity index (χ0) is 11.3. The molecule has 1 rings (SSSR count). The predicted molar refractivity (Wildman–Crippen MR) is 60.3 cm³/mol. The van der Waals surface area contributed by atoms with E-state index in [1.807, 2.05) is 13.8 Å². The molecule has 0 amide bonds. The number of hydrogen-bond acceptors (Lipinski definition) is 3. The van der Waals surface area contributed by atoms with E-state index >= 15 is 0 Å². The van der Waals surface area contributed by atoms with Crippen LogP contribution in [0.2, 0.25) is 0 Å². The Morgan fingerprint density at radius 2 is 2.20 bits per heavy atom. The third-order valence-electron chi connectivity index (χ3n) is 2.20. The molecule has 4 nitrogen and oxygen atoms in total. The van der Waals surface area contributed by atoms with Crippen molar-refractivity contribution in [1.82, 2.24) is 4.98 Å². The van der Waals surface area contributed by atoms with Crippen LogP contribution in [0.4, 0.5) is 0 Å². The monoisotopic (exact) mass is 208 g/mol. The largest absolute Gasteiger partial charge is 0.399 e. The standard InChI is InChI=1S/C11H16N2O2/c1-4-9-8(6-7-11(14)12-9)10(5-2)13-15-3/h6-7H,4-5H2,1-3H3,(H,12,14)/b13-10+. The van der Waals surface area contributed by atoms with Gasteiger partial charge in [-0.2, -0.15) is 0 Å². The predicted octanol–water partition coefficient (Wildman–Crippen LogP) is 1.70. The molecule has 1 N–H and O–H groups in total. The lowest BCUT2D eigenvalue weighted by Crippen LogP contribution is -2.13. The molecule has 0 bridgehead atoms. The molecule has 0 aliphatic heterocycles. The van der Waals surface area contributed by atoms with Crippen molar-refractivity contribution in [2.45, 2.75) is 26.7 Å². The summed E-state index contributed by atoms with van der Waals surface area (Å²) in [5, 5.41) is 3.95. The number of pyridine rings is 1. The molecule has 0 atom stereocenters. The quantitative estimate of drug-likeness (QED) is 0.604. The summed E-state index contributed by atoms with van der Waals surface area (Å²) in [5.74, 6) is 0. The molecule has 0 radical (unpaired) electrons. The first-order valence-corrected chi connectivity index (χ1v) is 5.05. The van der Waals surface area contributed by atoms with Crippen molar-refractivity contribution in [3.05, 3.63) is 33.7 Å². The van der Waals surface area contributed by atoms with Crippen molar-refractivity contribution in [2.75, 3.05) is 7.11 Å². The number of nitrogens with zero attached hydrogens (tertiary/aromatic N) is 1. The Bertz CT molecular complexity index is 407. The van der Waals surface area contributed by atoms with Crippen molar-refractivity contribution in [1.29, 1.82) is 0 Å². The van der Waals surface area contributed by atoms with Crippen LogP contribution in [0.5, 0.6) is 0 Å². The van der Waals surface area contributed by atoms with Crippen molar-refractivity contribution in [3.8, 4) is 0 Å². The highest BCUT2D eigenvalue weighted by Crippen LogP contribution is 2.08. The van der Waals surface area contributed by atoms with Gasteiger partial charge in [0.2, 0.25) is 5.56 Å². The van der Waals surface area contributed by atoms with E-state index in [0.29, 0.717) is 0 Å². The summed E-state index contributed by atoms with van der Waals surface area (Å²) in [6.45, 7) is 4.00. The maximum atomic E-state index is 11.1. The Morgan fingerprint density at radius 3 is 2.73 bits per heavy atom. The van der Waals surface area contributed by atoms with E-state index in [-0.39, 0.29) is 5.56 Å². The molecule has 0 aliphatic carbocycles. The first-order chi connectivity index (χ1) is 7.22. The van der Waals surface area contributed by atoms with E-state index in [4.69, 9.17) is 4.84 Å². The summed E-state index contributed by atoms with van der Waals surface area (Å²) in [4.78, 5) is 18.7. The van der Waals surface area contributed by atoms with Crippen LogP contribution in [0.15, 0.2) is 22.1 Å². The number of hydrogen-bond donors (Lipinski definition) is 1. The van der Waals surface area contributed by atoms with Gasteiger partial charge in [-0.05, 0) is 18.9 Å². The maximum Gasteiger partial charge on any atom is 0.248 e. The third kappa shape index (κ3) is 2.68. The Kier molecular flexibility index (Phi) is 4.09. The summed E-state index contributed by atoms with van der Waals surface area (Å²) in [7, 11) is 1.52. The second-order valence-electron chi connectivity index (χ2n) is 3.14. The van der Waals surface area contributed by atoms with E-state index in [1.165, 1.54) is 13.2 Å². The molecular weight excluding hydrogens is 192 g/mol. The van der Waals surface area contributed by atoms with Gasteiger partial charge in [0.15, 0.2) is 0 Å². The molecule has 0 saturated heterocycles. The van der Waals surface area contributed by atoms with Crippen LogP contribution < -0.4 is 5.56 Å². The minimum absolute atomic E-state index is 0.0801. The maximum absolute atomic E-state index is 11.1. The van der Waals surface area contributed by atoms with Gasteiger partial charge in [-0.3, -0.25) is 4.79 Å². The van der Waals surface area contributed by atoms with Crippen molar-refractivity contribution in [2.24, 2.45) is 5.16 Å². The first kappa shape index (κ1) is 11.5. The molecule has 0 unspecified atom stereocenters. The molecule has 0 saturated carbocycles. The first-order valence-electron chi connectivity index (χ1n) is 5.05. The van der Waals surface area contributed by atoms with Gasteiger partial charge in [-0.25, -0.2) is 0 Å². The zero-order valence-corrected chi connectivity index (χ0v) is 9.33. The molecular formula is C11H16N2O2. The number of aromatic nitrogens is 1. The Balaban J connectivity index is 3.23. The second kappa shape index (κ2) is 5.34. The summed E-state index contributed by atoms with van der Waals surface area (Å²) < 4.78 is 0.